The standard InChI is InChI=1S/C22H22ClN3O2S2/c23-17-5-1-15(2-6-17)19-20(16-3-7-18(8-4-16)30(24,27)28)29-21(25-19)26-13-11-22(9-10-22)12-14-26/h1-8H,9-14H2,(H2,24,27,28). The molecular formula is C22H22ClN3O2S2. The SMILES string of the molecule is NS(=O)(=O)c1ccc(-c2sc(N3CCC4(CC3)CC4)nc2-c2ccc(Cl)cc2)cc1. The van der Waals surface area contributed by atoms with Crippen molar-refractivity contribution in [3.05, 3.63) is 53.6 Å². The molecule has 2 heterocycles. The number of primary sulfonamides is 1. The molecule has 1 aromatic heterocycles. The van der Waals surface area contributed by atoms with Crippen molar-refractivity contribution in [2.24, 2.45) is 10.6 Å². The lowest BCUT2D eigenvalue weighted by molar-refractivity contribution is 0.384. The Bertz CT molecular complexity index is 1170. The number of benzene rings is 2. The van der Waals surface area contributed by atoms with E-state index < -0.39 is 10.0 Å². The Hall–Kier alpha value is -1.93. The minimum Gasteiger partial charge on any atom is -0.348 e. The maximum absolute atomic E-state index is 11.6. The molecule has 3 aromatic rings. The van der Waals surface area contributed by atoms with E-state index in [0.717, 1.165) is 39.9 Å². The number of hydrogen-bond acceptors (Lipinski definition) is 5. The van der Waals surface area contributed by atoms with Gasteiger partial charge in [0.05, 0.1) is 15.5 Å². The van der Waals surface area contributed by atoms with E-state index in [4.69, 9.17) is 21.7 Å². The quantitative estimate of drug-likeness (QED) is 0.584. The van der Waals surface area contributed by atoms with Crippen molar-refractivity contribution >= 4 is 38.1 Å². The Balaban J connectivity index is 1.54. The summed E-state index contributed by atoms with van der Waals surface area (Å²) >= 11 is 7.73. The lowest BCUT2D eigenvalue weighted by atomic mass is 9.94. The Morgan fingerprint density at radius 3 is 2.10 bits per heavy atom. The third-order valence-corrected chi connectivity index (χ3v) is 8.58. The van der Waals surface area contributed by atoms with Crippen LogP contribution in [0.3, 0.4) is 0 Å². The van der Waals surface area contributed by atoms with Crippen LogP contribution >= 0.6 is 22.9 Å². The fourth-order valence-corrected chi connectivity index (χ4v) is 5.87. The molecule has 30 heavy (non-hydrogen) atoms. The lowest BCUT2D eigenvalue weighted by Gasteiger charge is -2.31. The van der Waals surface area contributed by atoms with E-state index in [-0.39, 0.29) is 4.90 Å². The summed E-state index contributed by atoms with van der Waals surface area (Å²) in [5.41, 5.74) is 3.41. The van der Waals surface area contributed by atoms with Crippen molar-refractivity contribution in [2.75, 3.05) is 18.0 Å². The molecule has 5 nitrogen and oxygen atoms in total. The number of hydrogen-bond donors (Lipinski definition) is 1. The molecule has 0 unspecified atom stereocenters. The summed E-state index contributed by atoms with van der Waals surface area (Å²) in [6.07, 6.45) is 5.22. The number of piperidine rings is 1. The molecule has 8 heteroatoms. The maximum Gasteiger partial charge on any atom is 0.238 e. The van der Waals surface area contributed by atoms with E-state index >= 15 is 0 Å². The summed E-state index contributed by atoms with van der Waals surface area (Å²) in [6.45, 7) is 2.08. The Morgan fingerprint density at radius 1 is 0.933 bits per heavy atom. The summed E-state index contributed by atoms with van der Waals surface area (Å²) in [6, 6.07) is 14.4. The minimum absolute atomic E-state index is 0.106. The predicted molar refractivity (Wildman–Crippen MR) is 122 cm³/mol. The number of sulfonamides is 1. The third-order valence-electron chi connectivity index (χ3n) is 6.23. The molecule has 2 aliphatic rings. The highest BCUT2D eigenvalue weighted by Gasteiger charge is 2.44. The second-order valence-corrected chi connectivity index (χ2v) is 11.2. The lowest BCUT2D eigenvalue weighted by Crippen LogP contribution is -2.34. The number of thiazole rings is 1. The summed E-state index contributed by atoms with van der Waals surface area (Å²) < 4.78 is 23.2. The maximum atomic E-state index is 11.6. The number of nitrogens with zero attached hydrogens (tertiary/aromatic N) is 2. The zero-order valence-electron chi connectivity index (χ0n) is 16.3. The monoisotopic (exact) mass is 459 g/mol. The molecule has 0 radical (unpaired) electrons. The van der Waals surface area contributed by atoms with Crippen molar-refractivity contribution < 1.29 is 8.42 Å². The third kappa shape index (κ3) is 3.87. The van der Waals surface area contributed by atoms with Crippen LogP contribution in [0.5, 0.6) is 0 Å². The smallest absolute Gasteiger partial charge is 0.238 e. The van der Waals surface area contributed by atoms with E-state index in [0.29, 0.717) is 10.4 Å². The van der Waals surface area contributed by atoms with Gasteiger partial charge in [-0.05, 0) is 60.9 Å². The minimum atomic E-state index is -3.72. The summed E-state index contributed by atoms with van der Waals surface area (Å²) in [5.74, 6) is 0. The van der Waals surface area contributed by atoms with Gasteiger partial charge >= 0.3 is 0 Å². The van der Waals surface area contributed by atoms with Crippen molar-refractivity contribution in [1.82, 2.24) is 4.98 Å². The molecule has 0 amide bonds. The van der Waals surface area contributed by atoms with E-state index in [1.165, 1.54) is 25.7 Å². The highest BCUT2D eigenvalue weighted by molar-refractivity contribution is 7.89. The van der Waals surface area contributed by atoms with E-state index in [9.17, 15) is 8.42 Å². The fourth-order valence-electron chi connectivity index (χ4n) is 4.09. The summed E-state index contributed by atoms with van der Waals surface area (Å²) in [7, 11) is -3.72. The van der Waals surface area contributed by atoms with Crippen molar-refractivity contribution in [3.63, 3.8) is 0 Å². The molecule has 1 saturated heterocycles. The van der Waals surface area contributed by atoms with Crippen molar-refractivity contribution in [1.29, 1.82) is 0 Å². The number of aromatic nitrogens is 1. The number of rotatable bonds is 4. The van der Waals surface area contributed by atoms with Crippen LogP contribution in [-0.4, -0.2) is 26.5 Å². The van der Waals surface area contributed by atoms with Gasteiger partial charge in [-0.2, -0.15) is 0 Å². The molecule has 1 aliphatic carbocycles. The molecule has 5 rings (SSSR count). The highest BCUT2D eigenvalue weighted by Crippen LogP contribution is 2.54. The van der Waals surface area contributed by atoms with Crippen LogP contribution in [0.4, 0.5) is 5.13 Å². The van der Waals surface area contributed by atoms with E-state index in [1.807, 2.05) is 24.3 Å². The van der Waals surface area contributed by atoms with Crippen LogP contribution in [0.15, 0.2) is 53.4 Å². The van der Waals surface area contributed by atoms with Gasteiger partial charge in [-0.3, -0.25) is 0 Å². The van der Waals surface area contributed by atoms with Gasteiger partial charge in [0, 0.05) is 23.7 Å². The first-order chi connectivity index (χ1) is 14.3. The molecule has 156 valence electrons. The normalized spacial score (nSPS) is 18.0. The van der Waals surface area contributed by atoms with Gasteiger partial charge in [-0.1, -0.05) is 47.2 Å². The zero-order valence-corrected chi connectivity index (χ0v) is 18.7. The Labute approximate surface area is 185 Å². The molecule has 1 aliphatic heterocycles. The van der Waals surface area contributed by atoms with Gasteiger partial charge in [0.1, 0.15) is 0 Å². The van der Waals surface area contributed by atoms with Crippen LogP contribution < -0.4 is 10.0 Å². The average molecular weight is 460 g/mol. The first-order valence-electron chi connectivity index (χ1n) is 9.98. The van der Waals surface area contributed by atoms with Gasteiger partial charge in [0.2, 0.25) is 10.0 Å². The van der Waals surface area contributed by atoms with Gasteiger partial charge < -0.3 is 4.90 Å². The van der Waals surface area contributed by atoms with Gasteiger partial charge in [-0.15, -0.1) is 0 Å². The molecule has 2 N–H and O–H groups in total. The molecule has 2 fully saturated rings. The fraction of sp³-hybridized carbons (Fsp3) is 0.318. The van der Waals surface area contributed by atoms with Crippen LogP contribution in [0.2, 0.25) is 5.02 Å². The zero-order chi connectivity index (χ0) is 20.9. The molecule has 1 saturated carbocycles. The molecule has 0 atom stereocenters. The van der Waals surface area contributed by atoms with Crippen molar-refractivity contribution in [3.8, 4) is 21.7 Å². The van der Waals surface area contributed by atoms with Gasteiger partial charge in [0.25, 0.3) is 0 Å². The van der Waals surface area contributed by atoms with Crippen LogP contribution in [-0.2, 0) is 10.0 Å². The topological polar surface area (TPSA) is 76.3 Å². The first kappa shape index (κ1) is 20.0. The predicted octanol–water partition coefficient (Wildman–Crippen LogP) is 5.16. The molecule has 0 bridgehead atoms. The second-order valence-electron chi connectivity index (χ2n) is 8.24. The Kier molecular flexibility index (Phi) is 4.89. The molecular weight excluding hydrogens is 438 g/mol. The largest absolute Gasteiger partial charge is 0.348 e. The summed E-state index contributed by atoms with van der Waals surface area (Å²) in [4.78, 5) is 8.51. The number of anilines is 1. The number of halogens is 1. The second kappa shape index (κ2) is 7.34. The van der Waals surface area contributed by atoms with Crippen LogP contribution in [0, 0.1) is 5.41 Å². The van der Waals surface area contributed by atoms with Gasteiger partial charge in [-0.25, -0.2) is 18.5 Å². The molecule has 2 aromatic carbocycles. The van der Waals surface area contributed by atoms with Crippen LogP contribution in [0.1, 0.15) is 25.7 Å². The number of nitrogens with two attached hydrogens (primary N) is 1. The van der Waals surface area contributed by atoms with Crippen LogP contribution in [0.25, 0.3) is 21.7 Å². The first-order valence-corrected chi connectivity index (χ1v) is 12.7. The average Bonchev–Trinajstić information content (AvgIpc) is 3.33. The molecule has 1 spiro atoms. The summed E-state index contributed by atoms with van der Waals surface area (Å²) in [5, 5.41) is 6.95. The van der Waals surface area contributed by atoms with E-state index in [2.05, 4.69) is 4.90 Å². The van der Waals surface area contributed by atoms with E-state index in [1.54, 1.807) is 35.6 Å². The van der Waals surface area contributed by atoms with Crippen molar-refractivity contribution in [2.45, 2.75) is 30.6 Å². The Morgan fingerprint density at radius 2 is 1.53 bits per heavy atom. The van der Waals surface area contributed by atoms with Gasteiger partial charge in [0.15, 0.2) is 5.13 Å². The highest BCUT2D eigenvalue weighted by atomic mass is 35.5.